The molecule has 1 fully saturated rings. The first-order chi connectivity index (χ1) is 9.02. The molecule has 2 N–H and O–H groups in total. The number of hydrogen-bond acceptors (Lipinski definition) is 2. The molecule has 0 bridgehead atoms. The van der Waals surface area contributed by atoms with Gasteiger partial charge >= 0.3 is 0 Å². The summed E-state index contributed by atoms with van der Waals surface area (Å²) in [5.74, 6) is 0.887. The fourth-order valence-electron chi connectivity index (χ4n) is 2.97. The first-order valence-electron chi connectivity index (χ1n) is 6.82. The summed E-state index contributed by atoms with van der Waals surface area (Å²) in [6.07, 6.45) is 3.33. The molecule has 1 aliphatic rings. The zero-order valence-electron chi connectivity index (χ0n) is 11.3. The summed E-state index contributed by atoms with van der Waals surface area (Å²) < 4.78 is 0. The molecule has 0 heterocycles. The van der Waals surface area contributed by atoms with Crippen LogP contribution in [0.15, 0.2) is 18.2 Å². The number of rotatable bonds is 3. The molecule has 1 saturated carbocycles. The molecule has 2 rings (SSSR count). The van der Waals surface area contributed by atoms with Crippen molar-refractivity contribution in [1.82, 2.24) is 5.32 Å². The van der Waals surface area contributed by atoms with E-state index in [1.807, 2.05) is 0 Å². The Labute approximate surface area is 119 Å². The molecule has 1 aromatic rings. The van der Waals surface area contributed by atoms with Gasteiger partial charge in [-0.15, -0.1) is 0 Å². The van der Waals surface area contributed by atoms with Crippen molar-refractivity contribution in [1.29, 1.82) is 0 Å². The highest BCUT2D eigenvalue weighted by Gasteiger charge is 2.32. The third-order valence-electron chi connectivity index (χ3n) is 4.27. The van der Waals surface area contributed by atoms with Crippen molar-refractivity contribution in [3.63, 3.8) is 0 Å². The van der Waals surface area contributed by atoms with Gasteiger partial charge < -0.3 is 10.4 Å². The molecule has 3 unspecified atom stereocenters. The van der Waals surface area contributed by atoms with Crippen molar-refractivity contribution in [2.75, 3.05) is 0 Å². The van der Waals surface area contributed by atoms with Crippen LogP contribution >= 0.6 is 11.6 Å². The summed E-state index contributed by atoms with van der Waals surface area (Å²) in [5.41, 5.74) is 0.288. The Morgan fingerprint density at radius 2 is 2.21 bits per heavy atom. The smallest absolute Gasteiger partial charge is 0.255 e. The van der Waals surface area contributed by atoms with Gasteiger partial charge in [0.1, 0.15) is 5.75 Å². The minimum absolute atomic E-state index is 0.0670. The molecular weight excluding hydrogens is 262 g/mol. The fraction of sp³-hybridized carbons (Fsp3) is 0.533. The van der Waals surface area contributed by atoms with Crippen molar-refractivity contribution in [3.8, 4) is 5.75 Å². The molecule has 0 radical (unpaired) electrons. The SMILES string of the molecule is CCC1CCC(NC(=O)c2ccc(Cl)cc2O)C1C. The highest BCUT2D eigenvalue weighted by atomic mass is 35.5. The Balaban J connectivity index is 2.05. The monoisotopic (exact) mass is 281 g/mol. The van der Waals surface area contributed by atoms with E-state index in [1.165, 1.54) is 6.07 Å². The van der Waals surface area contributed by atoms with E-state index in [-0.39, 0.29) is 23.3 Å². The molecule has 0 aliphatic heterocycles. The van der Waals surface area contributed by atoms with Gasteiger partial charge in [-0.05, 0) is 42.9 Å². The van der Waals surface area contributed by atoms with Crippen LogP contribution in [0.2, 0.25) is 5.02 Å². The molecule has 0 aromatic heterocycles. The quantitative estimate of drug-likeness (QED) is 0.889. The Morgan fingerprint density at radius 1 is 1.47 bits per heavy atom. The summed E-state index contributed by atoms with van der Waals surface area (Å²) in [5, 5.41) is 13.2. The maximum atomic E-state index is 12.2. The van der Waals surface area contributed by atoms with Crippen molar-refractivity contribution >= 4 is 17.5 Å². The number of aromatic hydroxyl groups is 1. The number of nitrogens with one attached hydrogen (secondary N) is 1. The number of benzene rings is 1. The van der Waals surface area contributed by atoms with Crippen LogP contribution in [0.4, 0.5) is 0 Å². The number of halogens is 1. The lowest BCUT2D eigenvalue weighted by atomic mass is 9.93. The summed E-state index contributed by atoms with van der Waals surface area (Å²) in [7, 11) is 0. The van der Waals surface area contributed by atoms with Crippen molar-refractivity contribution in [2.24, 2.45) is 11.8 Å². The van der Waals surface area contributed by atoms with Crippen LogP contribution in [-0.4, -0.2) is 17.1 Å². The third kappa shape index (κ3) is 3.03. The minimum Gasteiger partial charge on any atom is -0.507 e. The number of carbonyl (C=O) groups excluding carboxylic acids is 1. The normalized spacial score (nSPS) is 26.4. The van der Waals surface area contributed by atoms with E-state index in [2.05, 4.69) is 19.2 Å². The number of hydrogen-bond donors (Lipinski definition) is 2. The molecular formula is C15H20ClNO2. The largest absolute Gasteiger partial charge is 0.507 e. The highest BCUT2D eigenvalue weighted by Crippen LogP contribution is 2.34. The van der Waals surface area contributed by atoms with Crippen LogP contribution in [0.3, 0.4) is 0 Å². The van der Waals surface area contributed by atoms with Gasteiger partial charge in [-0.2, -0.15) is 0 Å². The van der Waals surface area contributed by atoms with Gasteiger partial charge in [0.15, 0.2) is 0 Å². The maximum absolute atomic E-state index is 12.2. The average Bonchev–Trinajstić information content (AvgIpc) is 2.70. The van der Waals surface area contributed by atoms with E-state index in [0.29, 0.717) is 16.9 Å². The van der Waals surface area contributed by atoms with Gasteiger partial charge in [-0.1, -0.05) is 31.9 Å². The minimum atomic E-state index is -0.220. The molecule has 3 nitrogen and oxygen atoms in total. The van der Waals surface area contributed by atoms with E-state index in [9.17, 15) is 9.90 Å². The first kappa shape index (κ1) is 14.2. The molecule has 104 valence electrons. The van der Waals surface area contributed by atoms with Gasteiger partial charge in [0.2, 0.25) is 0 Å². The number of carbonyl (C=O) groups is 1. The maximum Gasteiger partial charge on any atom is 0.255 e. The lowest BCUT2D eigenvalue weighted by Gasteiger charge is -2.21. The first-order valence-corrected chi connectivity index (χ1v) is 7.20. The molecule has 1 aliphatic carbocycles. The number of phenols is 1. The topological polar surface area (TPSA) is 49.3 Å². The summed E-state index contributed by atoms with van der Waals surface area (Å²) in [6.45, 7) is 4.38. The summed E-state index contributed by atoms with van der Waals surface area (Å²) in [6, 6.07) is 4.77. The molecule has 4 heteroatoms. The predicted octanol–water partition coefficient (Wildman–Crippen LogP) is 3.60. The molecule has 1 aromatic carbocycles. The van der Waals surface area contributed by atoms with Crippen LogP contribution in [0.25, 0.3) is 0 Å². The highest BCUT2D eigenvalue weighted by molar-refractivity contribution is 6.30. The van der Waals surface area contributed by atoms with Gasteiger partial charge in [-0.3, -0.25) is 4.79 Å². The third-order valence-corrected chi connectivity index (χ3v) is 4.51. The molecule has 0 spiro atoms. The van der Waals surface area contributed by atoms with Crippen LogP contribution in [0.1, 0.15) is 43.5 Å². The Bertz CT molecular complexity index is 475. The van der Waals surface area contributed by atoms with E-state index < -0.39 is 0 Å². The standard InChI is InChI=1S/C15H20ClNO2/c1-3-10-4-7-13(9(10)2)17-15(19)12-6-5-11(16)8-14(12)18/h5-6,8-10,13,18H,3-4,7H2,1-2H3,(H,17,19). The van der Waals surface area contributed by atoms with E-state index in [0.717, 1.165) is 19.3 Å². The lowest BCUT2D eigenvalue weighted by Crippen LogP contribution is -2.37. The van der Waals surface area contributed by atoms with Gasteiger partial charge in [0, 0.05) is 11.1 Å². The van der Waals surface area contributed by atoms with Crippen LogP contribution in [0, 0.1) is 11.8 Å². The van der Waals surface area contributed by atoms with E-state index in [1.54, 1.807) is 12.1 Å². The Hall–Kier alpha value is -1.22. The Kier molecular flexibility index (Phi) is 4.35. The lowest BCUT2D eigenvalue weighted by molar-refractivity contribution is 0.0924. The molecule has 1 amide bonds. The zero-order chi connectivity index (χ0) is 14.0. The van der Waals surface area contributed by atoms with Crippen LogP contribution in [0.5, 0.6) is 5.75 Å². The van der Waals surface area contributed by atoms with Crippen LogP contribution < -0.4 is 5.32 Å². The number of phenolic OH excluding ortho intramolecular Hbond substituents is 1. The second-order valence-electron chi connectivity index (χ2n) is 5.35. The van der Waals surface area contributed by atoms with Crippen LogP contribution in [-0.2, 0) is 0 Å². The number of amides is 1. The van der Waals surface area contributed by atoms with Crippen molar-refractivity contribution in [2.45, 2.75) is 39.2 Å². The predicted molar refractivity (Wildman–Crippen MR) is 76.6 cm³/mol. The zero-order valence-corrected chi connectivity index (χ0v) is 12.1. The Morgan fingerprint density at radius 3 is 2.79 bits per heavy atom. The molecule has 19 heavy (non-hydrogen) atoms. The van der Waals surface area contributed by atoms with Gasteiger partial charge in [0.05, 0.1) is 5.56 Å². The molecule has 3 atom stereocenters. The van der Waals surface area contributed by atoms with Gasteiger partial charge in [0.25, 0.3) is 5.91 Å². The van der Waals surface area contributed by atoms with Crippen molar-refractivity contribution in [3.05, 3.63) is 28.8 Å². The van der Waals surface area contributed by atoms with Gasteiger partial charge in [-0.25, -0.2) is 0 Å². The molecule has 0 saturated heterocycles. The van der Waals surface area contributed by atoms with E-state index in [4.69, 9.17) is 11.6 Å². The fourth-order valence-corrected chi connectivity index (χ4v) is 3.14. The average molecular weight is 282 g/mol. The van der Waals surface area contributed by atoms with Crippen molar-refractivity contribution < 1.29 is 9.90 Å². The second-order valence-corrected chi connectivity index (χ2v) is 5.78. The summed E-state index contributed by atoms with van der Waals surface area (Å²) >= 11 is 5.76. The summed E-state index contributed by atoms with van der Waals surface area (Å²) in [4.78, 5) is 12.2. The van der Waals surface area contributed by atoms with E-state index >= 15 is 0 Å². The second kappa shape index (κ2) is 5.83.